The van der Waals surface area contributed by atoms with Crippen molar-refractivity contribution >= 4 is 22.9 Å². The number of likely N-dealkylation sites (tertiary alicyclic amines) is 1. The van der Waals surface area contributed by atoms with Crippen molar-refractivity contribution < 1.29 is 4.74 Å². The van der Waals surface area contributed by atoms with Crippen LogP contribution < -0.4 is 3.53 Å². The SMILES string of the molecule is INC1CCC(N2CC3(CCOCC3)C2)CC1. The fraction of sp³-hybridized carbons (Fsp3) is 1.00. The van der Waals surface area contributed by atoms with Gasteiger partial charge in [-0.1, -0.05) is 0 Å². The molecule has 0 amide bonds. The standard InChI is InChI=1S/C13H23IN2O/c14-15-11-1-3-12(4-2-11)16-9-13(10-16)5-7-17-8-6-13/h11-12,15H,1-10H2. The van der Waals surface area contributed by atoms with Crippen LogP contribution in [0.1, 0.15) is 38.5 Å². The van der Waals surface area contributed by atoms with Gasteiger partial charge in [-0.05, 0) is 38.5 Å². The van der Waals surface area contributed by atoms with E-state index in [0.717, 1.165) is 25.3 Å². The molecular weight excluding hydrogens is 327 g/mol. The van der Waals surface area contributed by atoms with Gasteiger partial charge in [-0.25, -0.2) is 0 Å². The monoisotopic (exact) mass is 350 g/mol. The van der Waals surface area contributed by atoms with Gasteiger partial charge >= 0.3 is 0 Å². The summed E-state index contributed by atoms with van der Waals surface area (Å²) in [7, 11) is 0. The zero-order valence-electron chi connectivity index (χ0n) is 10.5. The van der Waals surface area contributed by atoms with Crippen LogP contribution in [-0.2, 0) is 4.74 Å². The average Bonchev–Trinajstić information content (AvgIpc) is 2.37. The largest absolute Gasteiger partial charge is 0.381 e. The molecule has 0 aromatic carbocycles. The molecule has 3 fully saturated rings. The quantitative estimate of drug-likeness (QED) is 0.611. The molecule has 1 spiro atoms. The van der Waals surface area contributed by atoms with Crippen LogP contribution in [0, 0.1) is 5.41 Å². The van der Waals surface area contributed by atoms with E-state index in [4.69, 9.17) is 4.74 Å². The van der Waals surface area contributed by atoms with Crippen LogP contribution in [-0.4, -0.2) is 43.3 Å². The first kappa shape index (κ1) is 12.6. The summed E-state index contributed by atoms with van der Waals surface area (Å²) in [6.45, 7) is 4.70. The van der Waals surface area contributed by atoms with E-state index in [0.29, 0.717) is 5.41 Å². The summed E-state index contributed by atoms with van der Waals surface area (Å²) in [5.41, 5.74) is 0.649. The molecule has 1 saturated carbocycles. The van der Waals surface area contributed by atoms with E-state index in [2.05, 4.69) is 31.3 Å². The van der Waals surface area contributed by atoms with Crippen molar-refractivity contribution in [2.24, 2.45) is 5.41 Å². The van der Waals surface area contributed by atoms with Crippen molar-refractivity contribution in [2.45, 2.75) is 50.6 Å². The summed E-state index contributed by atoms with van der Waals surface area (Å²) >= 11 is 2.31. The number of ether oxygens (including phenoxy) is 1. The Hall–Kier alpha value is 0.610. The van der Waals surface area contributed by atoms with Crippen LogP contribution in [0.3, 0.4) is 0 Å². The third kappa shape index (κ3) is 2.65. The molecule has 3 rings (SSSR count). The molecule has 0 atom stereocenters. The highest BCUT2D eigenvalue weighted by Crippen LogP contribution is 2.42. The molecule has 0 aromatic heterocycles. The molecule has 98 valence electrons. The van der Waals surface area contributed by atoms with Crippen LogP contribution in [0.4, 0.5) is 0 Å². The molecule has 17 heavy (non-hydrogen) atoms. The van der Waals surface area contributed by atoms with Gasteiger partial charge in [0.1, 0.15) is 0 Å². The molecule has 2 saturated heterocycles. The maximum Gasteiger partial charge on any atom is 0.0472 e. The fourth-order valence-corrected chi connectivity index (χ4v) is 4.37. The Labute approximate surface area is 118 Å². The van der Waals surface area contributed by atoms with Gasteiger partial charge in [-0.15, -0.1) is 0 Å². The first-order valence-electron chi connectivity index (χ1n) is 6.99. The Morgan fingerprint density at radius 2 is 1.71 bits per heavy atom. The molecule has 0 aromatic rings. The predicted molar refractivity (Wildman–Crippen MR) is 77.3 cm³/mol. The minimum atomic E-state index is 0.649. The van der Waals surface area contributed by atoms with Gasteiger partial charge in [0.25, 0.3) is 0 Å². The molecule has 1 aliphatic carbocycles. The smallest absolute Gasteiger partial charge is 0.0472 e. The minimum Gasteiger partial charge on any atom is -0.381 e. The molecule has 0 radical (unpaired) electrons. The zero-order valence-corrected chi connectivity index (χ0v) is 12.6. The van der Waals surface area contributed by atoms with Crippen LogP contribution in [0.15, 0.2) is 0 Å². The van der Waals surface area contributed by atoms with Crippen molar-refractivity contribution in [2.75, 3.05) is 26.3 Å². The van der Waals surface area contributed by atoms with Gasteiger partial charge in [0, 0.05) is 66.7 Å². The van der Waals surface area contributed by atoms with E-state index < -0.39 is 0 Å². The van der Waals surface area contributed by atoms with Crippen molar-refractivity contribution in [3.05, 3.63) is 0 Å². The van der Waals surface area contributed by atoms with E-state index in [-0.39, 0.29) is 0 Å². The number of hydrogen-bond donors (Lipinski definition) is 1. The number of nitrogens with zero attached hydrogens (tertiary/aromatic N) is 1. The van der Waals surface area contributed by atoms with E-state index in [1.807, 2.05) is 0 Å². The van der Waals surface area contributed by atoms with Gasteiger partial charge in [0.2, 0.25) is 0 Å². The topological polar surface area (TPSA) is 24.5 Å². The number of rotatable bonds is 2. The normalized spacial score (nSPS) is 37.9. The molecule has 0 unspecified atom stereocenters. The van der Waals surface area contributed by atoms with Gasteiger partial charge in [-0.3, -0.25) is 8.43 Å². The molecule has 4 heteroatoms. The highest BCUT2D eigenvalue weighted by atomic mass is 127. The summed E-state index contributed by atoms with van der Waals surface area (Å²) in [5.74, 6) is 0. The highest BCUT2D eigenvalue weighted by Gasteiger charge is 2.46. The van der Waals surface area contributed by atoms with Crippen LogP contribution >= 0.6 is 22.9 Å². The minimum absolute atomic E-state index is 0.649. The van der Waals surface area contributed by atoms with E-state index in [1.54, 1.807) is 0 Å². The van der Waals surface area contributed by atoms with E-state index in [1.165, 1.54) is 51.6 Å². The first-order valence-corrected chi connectivity index (χ1v) is 8.07. The summed E-state index contributed by atoms with van der Waals surface area (Å²) in [5, 5.41) is 0. The third-order valence-electron chi connectivity index (χ3n) is 5.00. The summed E-state index contributed by atoms with van der Waals surface area (Å²) in [4.78, 5) is 2.74. The van der Waals surface area contributed by atoms with Crippen LogP contribution in [0.5, 0.6) is 0 Å². The fourth-order valence-electron chi connectivity index (χ4n) is 3.74. The maximum atomic E-state index is 5.48. The third-order valence-corrected chi connectivity index (χ3v) is 5.88. The second kappa shape index (κ2) is 5.31. The van der Waals surface area contributed by atoms with Gasteiger partial charge in [0.05, 0.1) is 0 Å². The number of halogens is 1. The molecule has 1 N–H and O–H groups in total. The van der Waals surface area contributed by atoms with Crippen LogP contribution in [0.2, 0.25) is 0 Å². The van der Waals surface area contributed by atoms with E-state index >= 15 is 0 Å². The van der Waals surface area contributed by atoms with Gasteiger partial charge in [0.15, 0.2) is 0 Å². The number of hydrogen-bond acceptors (Lipinski definition) is 3. The summed E-state index contributed by atoms with van der Waals surface area (Å²) in [6.07, 6.45) is 8.11. The lowest BCUT2D eigenvalue weighted by molar-refractivity contribution is -0.102. The second-order valence-electron chi connectivity index (χ2n) is 6.13. The number of nitrogens with one attached hydrogen (secondary N) is 1. The lowest BCUT2D eigenvalue weighted by Crippen LogP contribution is -2.62. The van der Waals surface area contributed by atoms with Crippen molar-refractivity contribution in [3.63, 3.8) is 0 Å². The predicted octanol–water partition coefficient (Wildman–Crippen LogP) is 2.35. The Morgan fingerprint density at radius 1 is 1.06 bits per heavy atom. The van der Waals surface area contributed by atoms with Gasteiger partial charge < -0.3 is 4.74 Å². The maximum absolute atomic E-state index is 5.48. The zero-order chi connectivity index (χ0) is 11.7. The molecule has 2 heterocycles. The lowest BCUT2D eigenvalue weighted by atomic mass is 9.71. The molecule has 3 nitrogen and oxygen atoms in total. The van der Waals surface area contributed by atoms with Crippen molar-refractivity contribution in [1.29, 1.82) is 0 Å². The molecule has 0 bridgehead atoms. The Kier molecular flexibility index (Phi) is 3.95. The highest BCUT2D eigenvalue weighted by molar-refractivity contribution is 14.1. The van der Waals surface area contributed by atoms with Crippen LogP contribution in [0.25, 0.3) is 0 Å². The lowest BCUT2D eigenvalue weighted by Gasteiger charge is -2.56. The summed E-state index contributed by atoms with van der Waals surface area (Å²) < 4.78 is 8.87. The first-order chi connectivity index (χ1) is 8.31. The second-order valence-corrected chi connectivity index (χ2v) is 6.75. The molecular formula is C13H23IN2O. The van der Waals surface area contributed by atoms with Crippen molar-refractivity contribution in [1.82, 2.24) is 8.43 Å². The van der Waals surface area contributed by atoms with E-state index in [9.17, 15) is 0 Å². The van der Waals surface area contributed by atoms with Gasteiger partial charge in [-0.2, -0.15) is 0 Å². The average molecular weight is 350 g/mol. The Morgan fingerprint density at radius 3 is 2.29 bits per heavy atom. The molecule has 2 aliphatic heterocycles. The Bertz CT molecular complexity index is 252. The summed E-state index contributed by atoms with van der Waals surface area (Å²) in [6, 6.07) is 1.65. The molecule has 3 aliphatic rings. The Balaban J connectivity index is 1.46. The van der Waals surface area contributed by atoms with Crippen molar-refractivity contribution in [3.8, 4) is 0 Å².